The second-order valence-electron chi connectivity index (χ2n) is 4.33. The fraction of sp³-hybridized carbons (Fsp3) is 0.385. The molecule has 0 saturated heterocycles. The van der Waals surface area contributed by atoms with E-state index >= 15 is 0 Å². The van der Waals surface area contributed by atoms with Crippen LogP contribution in [0.1, 0.15) is 30.7 Å². The number of nitrogens with zero attached hydrogens (tertiary/aromatic N) is 3. The van der Waals surface area contributed by atoms with Crippen molar-refractivity contribution < 1.29 is 14.4 Å². The average Bonchev–Trinajstić information content (AvgIpc) is 2.83. The molecule has 2 aromatic rings. The fourth-order valence-electron chi connectivity index (χ4n) is 1.67. The molecule has 0 unspecified atom stereocenters. The van der Waals surface area contributed by atoms with Crippen LogP contribution < -0.4 is 0 Å². The van der Waals surface area contributed by atoms with Gasteiger partial charge >= 0.3 is 5.97 Å². The summed E-state index contributed by atoms with van der Waals surface area (Å²) >= 11 is 0. The van der Waals surface area contributed by atoms with Crippen molar-refractivity contribution in [2.75, 3.05) is 0 Å². The molecule has 100 valence electrons. The van der Waals surface area contributed by atoms with Gasteiger partial charge < -0.3 is 9.63 Å². The van der Waals surface area contributed by atoms with Gasteiger partial charge in [0.2, 0.25) is 11.7 Å². The zero-order chi connectivity index (χ0) is 13.7. The Hall–Kier alpha value is -2.24. The van der Waals surface area contributed by atoms with E-state index < -0.39 is 5.97 Å². The molecule has 0 spiro atoms. The quantitative estimate of drug-likeness (QED) is 0.802. The summed E-state index contributed by atoms with van der Waals surface area (Å²) in [5.74, 6) is 0.204. The van der Waals surface area contributed by atoms with Crippen LogP contribution in [0.4, 0.5) is 0 Å². The number of aromatic nitrogens is 3. The Morgan fingerprint density at radius 2 is 2.26 bits per heavy atom. The second kappa shape index (κ2) is 6.08. The Bertz CT molecular complexity index is 566. The molecule has 0 saturated carbocycles. The van der Waals surface area contributed by atoms with Crippen LogP contribution in [-0.2, 0) is 11.2 Å². The van der Waals surface area contributed by atoms with E-state index in [2.05, 4.69) is 15.1 Å². The average molecular weight is 261 g/mol. The van der Waals surface area contributed by atoms with Gasteiger partial charge in [0.25, 0.3) is 0 Å². The summed E-state index contributed by atoms with van der Waals surface area (Å²) in [6, 6.07) is 3.79. The minimum Gasteiger partial charge on any atom is -0.481 e. The highest BCUT2D eigenvalue weighted by molar-refractivity contribution is 5.66. The summed E-state index contributed by atoms with van der Waals surface area (Å²) in [6.45, 7) is 1.97. The molecule has 2 rings (SSSR count). The smallest absolute Gasteiger partial charge is 0.303 e. The van der Waals surface area contributed by atoms with Crippen LogP contribution >= 0.6 is 0 Å². The van der Waals surface area contributed by atoms with Gasteiger partial charge in [-0.3, -0.25) is 9.78 Å². The highest BCUT2D eigenvalue weighted by Gasteiger charge is 2.09. The van der Waals surface area contributed by atoms with Crippen molar-refractivity contribution in [1.82, 2.24) is 15.1 Å². The first-order chi connectivity index (χ1) is 9.15. The maximum atomic E-state index is 10.4. The molecule has 6 nitrogen and oxygen atoms in total. The van der Waals surface area contributed by atoms with Crippen LogP contribution in [0.2, 0.25) is 0 Å². The molecule has 2 aromatic heterocycles. The van der Waals surface area contributed by atoms with Crippen molar-refractivity contribution in [3.63, 3.8) is 0 Å². The third kappa shape index (κ3) is 3.87. The lowest BCUT2D eigenvalue weighted by molar-refractivity contribution is -0.137. The number of carboxylic acid groups (broad SMARTS) is 1. The van der Waals surface area contributed by atoms with Crippen LogP contribution in [0, 0.1) is 6.92 Å². The van der Waals surface area contributed by atoms with E-state index in [1.165, 1.54) is 0 Å². The zero-order valence-corrected chi connectivity index (χ0v) is 10.7. The predicted octanol–water partition coefficient (Wildman–Crippen LogP) is 2.24. The first-order valence-electron chi connectivity index (χ1n) is 6.12. The molecular weight excluding hydrogens is 246 g/mol. The van der Waals surface area contributed by atoms with E-state index in [-0.39, 0.29) is 6.42 Å². The maximum Gasteiger partial charge on any atom is 0.303 e. The van der Waals surface area contributed by atoms with Gasteiger partial charge in [0.1, 0.15) is 5.69 Å². The van der Waals surface area contributed by atoms with Crippen molar-refractivity contribution in [1.29, 1.82) is 0 Å². The van der Waals surface area contributed by atoms with E-state index in [1.807, 2.05) is 19.1 Å². The molecule has 1 N–H and O–H groups in total. The Balaban J connectivity index is 1.94. The third-order valence-electron chi connectivity index (χ3n) is 2.64. The predicted molar refractivity (Wildman–Crippen MR) is 67.5 cm³/mol. The minimum atomic E-state index is -0.782. The molecule has 0 atom stereocenters. The summed E-state index contributed by atoms with van der Waals surface area (Å²) in [5.41, 5.74) is 1.76. The Morgan fingerprint density at radius 3 is 3.00 bits per heavy atom. The van der Waals surface area contributed by atoms with E-state index in [0.29, 0.717) is 30.3 Å². The summed E-state index contributed by atoms with van der Waals surface area (Å²) in [5, 5.41) is 12.4. The van der Waals surface area contributed by atoms with Crippen molar-refractivity contribution >= 4 is 5.97 Å². The van der Waals surface area contributed by atoms with Crippen molar-refractivity contribution in [2.45, 2.75) is 32.6 Å². The summed E-state index contributed by atoms with van der Waals surface area (Å²) in [7, 11) is 0. The van der Waals surface area contributed by atoms with E-state index in [0.717, 1.165) is 12.0 Å². The second-order valence-corrected chi connectivity index (χ2v) is 4.33. The van der Waals surface area contributed by atoms with Crippen LogP contribution in [0.15, 0.2) is 22.9 Å². The van der Waals surface area contributed by atoms with Crippen molar-refractivity contribution in [3.8, 4) is 11.5 Å². The first kappa shape index (κ1) is 13.2. The van der Waals surface area contributed by atoms with Crippen LogP contribution in [0.25, 0.3) is 11.5 Å². The number of carbonyl (C=O) groups is 1. The van der Waals surface area contributed by atoms with E-state index in [9.17, 15) is 4.79 Å². The molecule has 6 heteroatoms. The number of aryl methyl sites for hydroxylation is 2. The summed E-state index contributed by atoms with van der Waals surface area (Å²) in [4.78, 5) is 18.8. The van der Waals surface area contributed by atoms with Gasteiger partial charge in [-0.2, -0.15) is 4.98 Å². The zero-order valence-electron chi connectivity index (χ0n) is 10.7. The van der Waals surface area contributed by atoms with E-state index in [4.69, 9.17) is 9.63 Å². The van der Waals surface area contributed by atoms with Crippen molar-refractivity contribution in [2.24, 2.45) is 0 Å². The number of aliphatic carboxylic acids is 1. The molecule has 0 aliphatic heterocycles. The lowest BCUT2D eigenvalue weighted by Gasteiger charge is -1.94. The van der Waals surface area contributed by atoms with Crippen LogP contribution in [-0.4, -0.2) is 26.2 Å². The lowest BCUT2D eigenvalue weighted by atomic mass is 10.2. The number of hydrogen-bond acceptors (Lipinski definition) is 5. The molecule has 2 heterocycles. The molecule has 0 fully saturated rings. The summed E-state index contributed by atoms with van der Waals surface area (Å²) < 4.78 is 5.12. The highest BCUT2D eigenvalue weighted by Crippen LogP contribution is 2.15. The molecular formula is C13H15N3O3. The lowest BCUT2D eigenvalue weighted by Crippen LogP contribution is -1.95. The van der Waals surface area contributed by atoms with E-state index in [1.54, 1.807) is 6.20 Å². The summed E-state index contributed by atoms with van der Waals surface area (Å²) in [6.07, 6.45) is 3.78. The fourth-order valence-corrected chi connectivity index (χ4v) is 1.67. The molecule has 0 aliphatic rings. The number of rotatable bonds is 6. The molecule has 0 radical (unpaired) electrons. The van der Waals surface area contributed by atoms with Gasteiger partial charge in [-0.15, -0.1) is 0 Å². The minimum absolute atomic E-state index is 0.167. The van der Waals surface area contributed by atoms with Gasteiger partial charge in [0.05, 0.1) is 0 Å². The van der Waals surface area contributed by atoms with Gasteiger partial charge in [-0.1, -0.05) is 5.16 Å². The third-order valence-corrected chi connectivity index (χ3v) is 2.64. The Morgan fingerprint density at radius 1 is 1.42 bits per heavy atom. The van der Waals surface area contributed by atoms with Gasteiger partial charge in [0, 0.05) is 19.0 Å². The highest BCUT2D eigenvalue weighted by atomic mass is 16.5. The monoisotopic (exact) mass is 261 g/mol. The maximum absolute atomic E-state index is 10.4. The standard InChI is InChI=1S/C13H15N3O3/c1-9-6-7-14-10(8-9)13-15-11(19-16-13)4-2-3-5-12(17)18/h6-8H,2-5H2,1H3,(H,17,18). The van der Waals surface area contributed by atoms with Crippen LogP contribution in [0.3, 0.4) is 0 Å². The molecule has 0 aromatic carbocycles. The van der Waals surface area contributed by atoms with Crippen molar-refractivity contribution in [3.05, 3.63) is 29.8 Å². The Labute approximate surface area is 110 Å². The molecule has 19 heavy (non-hydrogen) atoms. The molecule has 0 bridgehead atoms. The van der Waals surface area contributed by atoms with Gasteiger partial charge in [-0.05, 0) is 37.5 Å². The SMILES string of the molecule is Cc1ccnc(-c2noc(CCCCC(=O)O)n2)c1. The van der Waals surface area contributed by atoms with Crippen LogP contribution in [0.5, 0.6) is 0 Å². The first-order valence-corrected chi connectivity index (χ1v) is 6.12. The number of carboxylic acids is 1. The largest absolute Gasteiger partial charge is 0.481 e. The molecule has 0 aliphatic carbocycles. The van der Waals surface area contributed by atoms with Gasteiger partial charge in [0.15, 0.2) is 0 Å². The topological polar surface area (TPSA) is 89.1 Å². The van der Waals surface area contributed by atoms with Gasteiger partial charge in [-0.25, -0.2) is 0 Å². The normalized spacial score (nSPS) is 10.6. The molecule has 0 amide bonds. The Kier molecular flexibility index (Phi) is 4.22. The number of pyridine rings is 1. The number of hydrogen-bond donors (Lipinski definition) is 1. The number of unbranched alkanes of at least 4 members (excludes halogenated alkanes) is 1.